The first-order valence-electron chi connectivity index (χ1n) is 5.60. The first kappa shape index (κ1) is 13.8. The molecule has 0 heterocycles. The molecule has 0 saturated heterocycles. The predicted octanol–water partition coefficient (Wildman–Crippen LogP) is 4.17. The average molecular weight is 295 g/mol. The minimum atomic E-state index is -0.457. The molecule has 3 N–H and O–H groups in total. The summed E-state index contributed by atoms with van der Waals surface area (Å²) in [5.74, 6) is -0.457. The van der Waals surface area contributed by atoms with E-state index in [9.17, 15) is 4.39 Å². The molecule has 2 aromatic carbocycles. The molecule has 0 amide bonds. The normalized spacial score (nSPS) is 10.3. The van der Waals surface area contributed by atoms with Crippen LogP contribution in [0.1, 0.15) is 11.1 Å². The molecular formula is C14H12ClFN2S. The number of nitrogens with one attached hydrogen (secondary N) is 1. The van der Waals surface area contributed by atoms with Crippen molar-refractivity contribution in [2.75, 3.05) is 5.32 Å². The van der Waals surface area contributed by atoms with Crippen LogP contribution in [0.2, 0.25) is 5.02 Å². The second-order valence-corrected chi connectivity index (χ2v) is 5.01. The van der Waals surface area contributed by atoms with Crippen LogP contribution in [0.25, 0.3) is 0 Å². The molecule has 0 spiro atoms. The summed E-state index contributed by atoms with van der Waals surface area (Å²) in [4.78, 5) is 0.0395. The Hall–Kier alpha value is -1.65. The molecule has 0 bridgehead atoms. The van der Waals surface area contributed by atoms with Gasteiger partial charge in [-0.1, -0.05) is 29.9 Å². The average Bonchev–Trinajstić information content (AvgIpc) is 2.33. The van der Waals surface area contributed by atoms with E-state index >= 15 is 0 Å². The van der Waals surface area contributed by atoms with Crippen molar-refractivity contribution in [1.82, 2.24) is 0 Å². The molecule has 0 saturated carbocycles. The van der Waals surface area contributed by atoms with Gasteiger partial charge in [0.15, 0.2) is 0 Å². The fraction of sp³-hybridized carbons (Fsp3) is 0.0714. The topological polar surface area (TPSA) is 38.0 Å². The molecule has 0 aliphatic heterocycles. The number of hydrogen-bond acceptors (Lipinski definition) is 2. The Labute approximate surface area is 121 Å². The SMILES string of the molecule is Cc1ccc(Cl)c(Nc2ccc(C(N)=S)c(F)c2)c1. The number of halogens is 2. The third-order valence-corrected chi connectivity index (χ3v) is 3.18. The molecule has 2 aromatic rings. The molecule has 5 heteroatoms. The Morgan fingerprint density at radius 1 is 1.26 bits per heavy atom. The van der Waals surface area contributed by atoms with Crippen LogP contribution in [0.4, 0.5) is 15.8 Å². The smallest absolute Gasteiger partial charge is 0.135 e. The van der Waals surface area contributed by atoms with E-state index in [2.05, 4.69) is 5.32 Å². The van der Waals surface area contributed by atoms with Gasteiger partial charge in [-0.2, -0.15) is 0 Å². The minimum Gasteiger partial charge on any atom is -0.389 e. The number of thiocarbonyl (C=S) groups is 1. The summed E-state index contributed by atoms with van der Waals surface area (Å²) in [6.07, 6.45) is 0. The summed E-state index contributed by atoms with van der Waals surface area (Å²) in [5.41, 5.74) is 8.02. The maximum absolute atomic E-state index is 13.7. The number of benzene rings is 2. The fourth-order valence-electron chi connectivity index (χ4n) is 1.68. The van der Waals surface area contributed by atoms with E-state index in [4.69, 9.17) is 29.6 Å². The van der Waals surface area contributed by atoms with Crippen LogP contribution < -0.4 is 11.1 Å². The standard InChI is InChI=1S/C14H12ClFN2S/c1-8-2-5-11(15)13(6-8)18-9-3-4-10(14(17)19)12(16)7-9/h2-7,18H,1H3,(H2,17,19). The zero-order valence-corrected chi connectivity index (χ0v) is 11.8. The van der Waals surface area contributed by atoms with Crippen LogP contribution in [-0.4, -0.2) is 4.99 Å². The summed E-state index contributed by atoms with van der Waals surface area (Å²) in [7, 11) is 0. The summed E-state index contributed by atoms with van der Waals surface area (Å²) >= 11 is 10.8. The summed E-state index contributed by atoms with van der Waals surface area (Å²) in [5, 5.41) is 3.64. The summed E-state index contributed by atoms with van der Waals surface area (Å²) in [6.45, 7) is 1.96. The van der Waals surface area contributed by atoms with Crippen molar-refractivity contribution in [3.8, 4) is 0 Å². The van der Waals surface area contributed by atoms with Crippen molar-refractivity contribution in [1.29, 1.82) is 0 Å². The van der Waals surface area contributed by atoms with E-state index in [-0.39, 0.29) is 10.6 Å². The zero-order chi connectivity index (χ0) is 14.0. The van der Waals surface area contributed by atoms with E-state index in [0.717, 1.165) is 11.3 Å². The van der Waals surface area contributed by atoms with Crippen LogP contribution in [0, 0.1) is 12.7 Å². The van der Waals surface area contributed by atoms with Crippen LogP contribution in [0.3, 0.4) is 0 Å². The Balaban J connectivity index is 2.31. The molecule has 98 valence electrons. The van der Waals surface area contributed by atoms with E-state index in [1.807, 2.05) is 19.1 Å². The van der Waals surface area contributed by atoms with E-state index in [0.29, 0.717) is 10.7 Å². The Morgan fingerprint density at radius 2 is 2.00 bits per heavy atom. The molecule has 0 radical (unpaired) electrons. The van der Waals surface area contributed by atoms with Gasteiger partial charge in [0.25, 0.3) is 0 Å². The highest BCUT2D eigenvalue weighted by atomic mass is 35.5. The number of nitrogens with two attached hydrogens (primary N) is 1. The Morgan fingerprint density at radius 3 is 2.63 bits per heavy atom. The van der Waals surface area contributed by atoms with Gasteiger partial charge in [-0.25, -0.2) is 4.39 Å². The number of rotatable bonds is 3. The highest BCUT2D eigenvalue weighted by Gasteiger charge is 2.07. The number of anilines is 2. The number of hydrogen-bond donors (Lipinski definition) is 2. The predicted molar refractivity (Wildman–Crippen MR) is 81.8 cm³/mol. The summed E-state index contributed by atoms with van der Waals surface area (Å²) in [6, 6.07) is 10.2. The fourth-order valence-corrected chi connectivity index (χ4v) is 2.01. The lowest BCUT2D eigenvalue weighted by Crippen LogP contribution is -2.11. The highest BCUT2D eigenvalue weighted by molar-refractivity contribution is 7.80. The Kier molecular flexibility index (Phi) is 4.02. The van der Waals surface area contributed by atoms with Gasteiger partial charge in [-0.3, -0.25) is 0 Å². The van der Waals surface area contributed by atoms with Crippen LogP contribution in [-0.2, 0) is 0 Å². The molecule has 2 rings (SSSR count). The molecule has 19 heavy (non-hydrogen) atoms. The number of aryl methyl sites for hydroxylation is 1. The summed E-state index contributed by atoms with van der Waals surface area (Å²) < 4.78 is 13.7. The quantitative estimate of drug-likeness (QED) is 0.835. The first-order chi connectivity index (χ1) is 8.97. The third kappa shape index (κ3) is 3.22. The molecule has 2 nitrogen and oxygen atoms in total. The van der Waals surface area contributed by atoms with Crippen LogP contribution in [0.5, 0.6) is 0 Å². The molecule has 0 fully saturated rings. The maximum atomic E-state index is 13.7. The van der Waals surface area contributed by atoms with Crippen molar-refractivity contribution in [3.63, 3.8) is 0 Å². The largest absolute Gasteiger partial charge is 0.389 e. The van der Waals surface area contributed by atoms with Crippen LogP contribution in [0.15, 0.2) is 36.4 Å². The molecule has 0 aliphatic carbocycles. The van der Waals surface area contributed by atoms with Crippen molar-refractivity contribution < 1.29 is 4.39 Å². The van der Waals surface area contributed by atoms with Gasteiger partial charge in [-0.05, 0) is 42.8 Å². The molecular weight excluding hydrogens is 283 g/mol. The van der Waals surface area contributed by atoms with Crippen molar-refractivity contribution in [2.24, 2.45) is 5.73 Å². The minimum absolute atomic E-state index is 0.0395. The third-order valence-electron chi connectivity index (χ3n) is 2.64. The molecule has 0 unspecified atom stereocenters. The van der Waals surface area contributed by atoms with Crippen molar-refractivity contribution in [2.45, 2.75) is 6.92 Å². The maximum Gasteiger partial charge on any atom is 0.135 e. The molecule has 0 aromatic heterocycles. The monoisotopic (exact) mass is 294 g/mol. The first-order valence-corrected chi connectivity index (χ1v) is 6.38. The van der Waals surface area contributed by atoms with Gasteiger partial charge in [0.2, 0.25) is 0 Å². The van der Waals surface area contributed by atoms with Gasteiger partial charge >= 0.3 is 0 Å². The highest BCUT2D eigenvalue weighted by Crippen LogP contribution is 2.27. The second-order valence-electron chi connectivity index (χ2n) is 4.17. The lowest BCUT2D eigenvalue weighted by Gasteiger charge is -2.10. The van der Waals surface area contributed by atoms with Gasteiger partial charge in [0, 0.05) is 11.3 Å². The van der Waals surface area contributed by atoms with Crippen molar-refractivity contribution >= 4 is 40.2 Å². The lowest BCUT2D eigenvalue weighted by molar-refractivity contribution is 0.626. The molecule has 0 atom stereocenters. The van der Waals surface area contributed by atoms with Crippen LogP contribution >= 0.6 is 23.8 Å². The van der Waals surface area contributed by atoms with E-state index in [1.54, 1.807) is 18.2 Å². The van der Waals surface area contributed by atoms with Gasteiger partial charge < -0.3 is 11.1 Å². The van der Waals surface area contributed by atoms with Gasteiger partial charge in [0.1, 0.15) is 10.8 Å². The lowest BCUT2D eigenvalue weighted by atomic mass is 10.1. The van der Waals surface area contributed by atoms with Gasteiger partial charge in [-0.15, -0.1) is 0 Å². The van der Waals surface area contributed by atoms with E-state index < -0.39 is 5.82 Å². The second kappa shape index (κ2) is 5.55. The van der Waals surface area contributed by atoms with E-state index in [1.165, 1.54) is 6.07 Å². The molecule has 0 aliphatic rings. The van der Waals surface area contributed by atoms with Gasteiger partial charge in [0.05, 0.1) is 10.7 Å². The van der Waals surface area contributed by atoms with Crippen molar-refractivity contribution in [3.05, 3.63) is 58.4 Å². The zero-order valence-electron chi connectivity index (χ0n) is 10.2. The Bertz CT molecular complexity index is 643.